The minimum absolute atomic E-state index is 0.490. The van der Waals surface area contributed by atoms with Crippen LogP contribution >= 0.6 is 0 Å². The summed E-state index contributed by atoms with van der Waals surface area (Å²) in [7, 11) is 1.64. The van der Waals surface area contributed by atoms with Gasteiger partial charge in [-0.1, -0.05) is 13.8 Å². The number of rotatable bonds is 4. The van der Waals surface area contributed by atoms with Crippen LogP contribution < -0.4 is 10.1 Å². The van der Waals surface area contributed by atoms with E-state index in [1.807, 2.05) is 12.1 Å². The lowest BCUT2D eigenvalue weighted by Crippen LogP contribution is -2.22. The summed E-state index contributed by atoms with van der Waals surface area (Å²) >= 11 is 0. The third kappa shape index (κ3) is 3.42. The van der Waals surface area contributed by atoms with E-state index in [2.05, 4.69) is 24.1 Å². The van der Waals surface area contributed by atoms with E-state index in [9.17, 15) is 0 Å². The molecule has 1 rings (SSSR count). The van der Waals surface area contributed by atoms with Crippen LogP contribution in [0.4, 0.5) is 0 Å². The summed E-state index contributed by atoms with van der Waals surface area (Å²) in [4.78, 5) is 4.23. The minimum atomic E-state index is 0.490. The second-order valence-electron chi connectivity index (χ2n) is 3.22. The summed E-state index contributed by atoms with van der Waals surface area (Å²) in [6.07, 6.45) is 1.73. The maximum Gasteiger partial charge on any atom is 0.137 e. The Hall–Kier alpha value is -1.09. The van der Waals surface area contributed by atoms with Crippen molar-refractivity contribution in [3.05, 3.63) is 24.0 Å². The molecule has 0 saturated heterocycles. The Kier molecular flexibility index (Phi) is 3.71. The Morgan fingerprint density at radius 3 is 2.69 bits per heavy atom. The van der Waals surface area contributed by atoms with Gasteiger partial charge in [-0.05, 0) is 12.1 Å². The molecule has 0 bridgehead atoms. The fourth-order valence-corrected chi connectivity index (χ4v) is 0.945. The zero-order chi connectivity index (χ0) is 9.68. The number of methoxy groups -OCH3 is 1. The molecule has 1 heterocycles. The maximum absolute atomic E-state index is 5.01. The van der Waals surface area contributed by atoms with Crippen molar-refractivity contribution in [2.45, 2.75) is 26.4 Å². The Morgan fingerprint density at radius 2 is 2.23 bits per heavy atom. The van der Waals surface area contributed by atoms with Gasteiger partial charge in [0.2, 0.25) is 0 Å². The van der Waals surface area contributed by atoms with Crippen LogP contribution in [0.25, 0.3) is 0 Å². The van der Waals surface area contributed by atoms with Crippen molar-refractivity contribution in [1.82, 2.24) is 10.3 Å². The summed E-state index contributed by atoms with van der Waals surface area (Å²) in [5.41, 5.74) is 1.04. The van der Waals surface area contributed by atoms with Crippen molar-refractivity contribution in [3.8, 4) is 5.75 Å². The molecule has 0 saturated carbocycles. The van der Waals surface area contributed by atoms with E-state index in [1.165, 1.54) is 0 Å². The number of nitrogens with zero attached hydrogens (tertiary/aromatic N) is 1. The van der Waals surface area contributed by atoms with Crippen LogP contribution in [0.5, 0.6) is 5.75 Å². The van der Waals surface area contributed by atoms with Crippen molar-refractivity contribution in [1.29, 1.82) is 0 Å². The van der Waals surface area contributed by atoms with Crippen molar-refractivity contribution in [3.63, 3.8) is 0 Å². The van der Waals surface area contributed by atoms with E-state index in [0.29, 0.717) is 6.04 Å². The van der Waals surface area contributed by atoms with Gasteiger partial charge in [-0.2, -0.15) is 0 Å². The normalized spacial score (nSPS) is 10.5. The fraction of sp³-hybridized carbons (Fsp3) is 0.500. The number of ether oxygens (including phenoxy) is 1. The van der Waals surface area contributed by atoms with Crippen LogP contribution in [-0.4, -0.2) is 18.1 Å². The highest BCUT2D eigenvalue weighted by molar-refractivity contribution is 5.19. The van der Waals surface area contributed by atoms with Gasteiger partial charge >= 0.3 is 0 Å². The van der Waals surface area contributed by atoms with E-state index < -0.39 is 0 Å². The summed E-state index contributed by atoms with van der Waals surface area (Å²) in [5.74, 6) is 0.799. The van der Waals surface area contributed by atoms with Gasteiger partial charge in [0.1, 0.15) is 5.75 Å². The zero-order valence-corrected chi connectivity index (χ0v) is 8.37. The molecular formula is C10H16N2O. The van der Waals surface area contributed by atoms with Gasteiger partial charge in [-0.15, -0.1) is 0 Å². The molecule has 0 aliphatic rings. The minimum Gasteiger partial charge on any atom is -0.495 e. The molecule has 3 nitrogen and oxygen atoms in total. The molecule has 1 aromatic heterocycles. The van der Waals surface area contributed by atoms with E-state index in [4.69, 9.17) is 4.74 Å². The number of pyridine rings is 1. The summed E-state index contributed by atoms with van der Waals surface area (Å²) < 4.78 is 5.01. The molecule has 0 spiro atoms. The van der Waals surface area contributed by atoms with Crippen molar-refractivity contribution >= 4 is 0 Å². The molecule has 0 aromatic carbocycles. The molecule has 3 heteroatoms. The van der Waals surface area contributed by atoms with E-state index >= 15 is 0 Å². The van der Waals surface area contributed by atoms with Gasteiger partial charge in [-0.3, -0.25) is 4.98 Å². The SMILES string of the molecule is COc1ccc(CNC(C)C)nc1. The fourth-order valence-electron chi connectivity index (χ4n) is 0.945. The highest BCUT2D eigenvalue weighted by Crippen LogP contribution is 2.07. The first-order chi connectivity index (χ1) is 6.22. The average molecular weight is 180 g/mol. The van der Waals surface area contributed by atoms with Gasteiger partial charge in [0.15, 0.2) is 0 Å². The smallest absolute Gasteiger partial charge is 0.137 e. The standard InChI is InChI=1S/C10H16N2O/c1-8(2)11-6-9-4-5-10(13-3)7-12-9/h4-5,7-8,11H,6H2,1-3H3. The monoisotopic (exact) mass is 180 g/mol. The lowest BCUT2D eigenvalue weighted by Gasteiger charge is -2.07. The number of hydrogen-bond donors (Lipinski definition) is 1. The van der Waals surface area contributed by atoms with Crippen molar-refractivity contribution < 1.29 is 4.74 Å². The average Bonchev–Trinajstić information content (AvgIpc) is 2.15. The molecule has 0 atom stereocenters. The van der Waals surface area contributed by atoms with Crippen LogP contribution in [0.3, 0.4) is 0 Å². The topological polar surface area (TPSA) is 34.1 Å². The van der Waals surface area contributed by atoms with E-state index in [1.54, 1.807) is 13.3 Å². The molecule has 1 aromatic rings. The van der Waals surface area contributed by atoms with Crippen LogP contribution in [0.2, 0.25) is 0 Å². The Labute approximate surface area is 79.1 Å². The van der Waals surface area contributed by atoms with Crippen LogP contribution in [0, 0.1) is 0 Å². The first kappa shape index (κ1) is 9.99. The molecule has 0 fully saturated rings. The van der Waals surface area contributed by atoms with E-state index in [0.717, 1.165) is 18.0 Å². The summed E-state index contributed by atoms with van der Waals surface area (Å²) in [5, 5.41) is 3.30. The second-order valence-corrected chi connectivity index (χ2v) is 3.22. The second kappa shape index (κ2) is 4.82. The molecule has 1 N–H and O–H groups in total. The van der Waals surface area contributed by atoms with Gasteiger partial charge in [0.05, 0.1) is 19.0 Å². The largest absolute Gasteiger partial charge is 0.495 e. The van der Waals surface area contributed by atoms with E-state index in [-0.39, 0.29) is 0 Å². The van der Waals surface area contributed by atoms with Crippen molar-refractivity contribution in [2.75, 3.05) is 7.11 Å². The van der Waals surface area contributed by atoms with Gasteiger partial charge in [-0.25, -0.2) is 0 Å². The summed E-state index contributed by atoms with van der Waals surface area (Å²) in [6.45, 7) is 5.04. The first-order valence-corrected chi connectivity index (χ1v) is 4.44. The lowest BCUT2D eigenvalue weighted by molar-refractivity contribution is 0.412. The van der Waals surface area contributed by atoms with Crippen LogP contribution in [0.15, 0.2) is 18.3 Å². The molecular weight excluding hydrogens is 164 g/mol. The Morgan fingerprint density at radius 1 is 1.46 bits per heavy atom. The predicted octanol–water partition coefficient (Wildman–Crippen LogP) is 1.59. The van der Waals surface area contributed by atoms with Gasteiger partial charge < -0.3 is 10.1 Å². The molecule has 13 heavy (non-hydrogen) atoms. The third-order valence-electron chi connectivity index (χ3n) is 1.72. The van der Waals surface area contributed by atoms with Gasteiger partial charge in [0.25, 0.3) is 0 Å². The lowest BCUT2D eigenvalue weighted by atomic mass is 10.3. The van der Waals surface area contributed by atoms with Crippen molar-refractivity contribution in [2.24, 2.45) is 0 Å². The number of nitrogens with one attached hydrogen (secondary N) is 1. The van der Waals surface area contributed by atoms with Crippen LogP contribution in [-0.2, 0) is 6.54 Å². The predicted molar refractivity (Wildman–Crippen MR) is 52.8 cm³/mol. The third-order valence-corrected chi connectivity index (χ3v) is 1.72. The molecule has 0 unspecified atom stereocenters. The molecule has 0 radical (unpaired) electrons. The molecule has 72 valence electrons. The number of aromatic nitrogens is 1. The Balaban J connectivity index is 2.49. The maximum atomic E-state index is 5.01. The molecule has 0 amide bonds. The number of hydrogen-bond acceptors (Lipinski definition) is 3. The highest BCUT2D eigenvalue weighted by Gasteiger charge is 1.96. The quantitative estimate of drug-likeness (QED) is 0.764. The summed E-state index contributed by atoms with van der Waals surface area (Å²) in [6, 6.07) is 4.38. The van der Waals surface area contributed by atoms with Gasteiger partial charge in [0, 0.05) is 12.6 Å². The first-order valence-electron chi connectivity index (χ1n) is 4.44. The Bertz CT molecular complexity index is 244. The molecule has 0 aliphatic carbocycles. The highest BCUT2D eigenvalue weighted by atomic mass is 16.5. The zero-order valence-electron chi connectivity index (χ0n) is 8.37. The molecule has 0 aliphatic heterocycles. The van der Waals surface area contributed by atoms with Crippen LogP contribution in [0.1, 0.15) is 19.5 Å².